The molecule has 0 saturated carbocycles. The van der Waals surface area contributed by atoms with Gasteiger partial charge in [-0.15, -0.1) is 23.1 Å². The van der Waals surface area contributed by atoms with Gasteiger partial charge in [-0.05, 0) is 30.3 Å². The van der Waals surface area contributed by atoms with Crippen molar-refractivity contribution in [3.63, 3.8) is 0 Å². The summed E-state index contributed by atoms with van der Waals surface area (Å²) in [6.45, 7) is 0.676. The van der Waals surface area contributed by atoms with Gasteiger partial charge in [-0.25, -0.2) is 4.98 Å². The summed E-state index contributed by atoms with van der Waals surface area (Å²) in [4.78, 5) is 23.0. The minimum Gasteiger partial charge on any atom is -0.459 e. The van der Waals surface area contributed by atoms with Crippen molar-refractivity contribution < 1.29 is 9.21 Å². The normalized spacial score (nSPS) is 16.0. The van der Waals surface area contributed by atoms with Gasteiger partial charge >= 0.3 is 0 Å². The zero-order valence-electron chi connectivity index (χ0n) is 12.6. The van der Waals surface area contributed by atoms with Crippen molar-refractivity contribution in [1.29, 1.82) is 0 Å². The molecule has 1 aliphatic heterocycles. The minimum absolute atomic E-state index is 0.112. The van der Waals surface area contributed by atoms with E-state index in [1.54, 1.807) is 52.5 Å². The fourth-order valence-electron chi connectivity index (χ4n) is 2.38. The van der Waals surface area contributed by atoms with Gasteiger partial charge in [0.15, 0.2) is 5.76 Å². The van der Waals surface area contributed by atoms with Gasteiger partial charge in [0, 0.05) is 35.6 Å². The average molecular weight is 355 g/mol. The van der Waals surface area contributed by atoms with Crippen LogP contribution in [0, 0.1) is 0 Å². The highest BCUT2D eigenvalue weighted by molar-refractivity contribution is 8.03. The molecule has 1 saturated heterocycles. The van der Waals surface area contributed by atoms with E-state index in [1.807, 2.05) is 23.6 Å². The number of pyridine rings is 1. The van der Waals surface area contributed by atoms with Gasteiger partial charge in [-0.1, -0.05) is 0 Å². The molecule has 0 N–H and O–H groups in total. The molecule has 0 bridgehead atoms. The highest BCUT2D eigenvalue weighted by atomic mass is 32.2. The molecular weight excluding hydrogens is 342 g/mol. The van der Waals surface area contributed by atoms with E-state index in [4.69, 9.17) is 4.42 Å². The first kappa shape index (κ1) is 15.2. The minimum atomic E-state index is -0.112. The van der Waals surface area contributed by atoms with Crippen LogP contribution in [0.15, 0.2) is 57.7 Å². The van der Waals surface area contributed by atoms with Crippen LogP contribution < -0.4 is 0 Å². The second kappa shape index (κ2) is 6.62. The van der Waals surface area contributed by atoms with Crippen molar-refractivity contribution in [2.45, 2.75) is 0 Å². The Bertz CT molecular complexity index is 872. The molecule has 24 heavy (non-hydrogen) atoms. The molecular formula is C17H13N3O2S2. The maximum atomic E-state index is 12.5. The Labute approximate surface area is 147 Å². The second-order valence-corrected chi connectivity index (χ2v) is 7.06. The molecule has 0 unspecified atom stereocenters. The number of carbonyl (C=O) groups excluding carboxylic acids is 1. The Morgan fingerprint density at radius 2 is 2.29 bits per heavy atom. The van der Waals surface area contributed by atoms with Crippen LogP contribution in [0.5, 0.6) is 0 Å². The Morgan fingerprint density at radius 3 is 3.08 bits per heavy atom. The highest BCUT2D eigenvalue weighted by Gasteiger charge is 2.27. The first-order chi connectivity index (χ1) is 11.8. The van der Waals surface area contributed by atoms with E-state index in [1.165, 1.54) is 6.26 Å². The fourth-order valence-corrected chi connectivity index (χ4v) is 4.17. The van der Waals surface area contributed by atoms with E-state index in [2.05, 4.69) is 9.97 Å². The quantitative estimate of drug-likeness (QED) is 0.711. The standard InChI is InChI=1S/C17H13N3O2S2/c21-17(14-4-2-7-22-14)20-6-8-23-15(20)9-13-11-24-16(19-13)12-3-1-5-18-10-12/h1-5,7,9-11H,6,8H2/b15-9+. The molecule has 5 nitrogen and oxygen atoms in total. The van der Waals surface area contributed by atoms with Crippen LogP contribution in [0.1, 0.15) is 16.2 Å². The summed E-state index contributed by atoms with van der Waals surface area (Å²) in [5.74, 6) is 1.12. The predicted molar refractivity (Wildman–Crippen MR) is 95.5 cm³/mol. The summed E-state index contributed by atoms with van der Waals surface area (Å²) in [7, 11) is 0. The van der Waals surface area contributed by atoms with Gasteiger partial charge < -0.3 is 4.42 Å². The number of nitrogens with zero attached hydrogens (tertiary/aromatic N) is 3. The van der Waals surface area contributed by atoms with Crippen molar-refractivity contribution in [3.05, 3.63) is 64.8 Å². The summed E-state index contributed by atoms with van der Waals surface area (Å²) in [6.07, 6.45) is 7.01. The Hall–Kier alpha value is -2.38. The van der Waals surface area contributed by atoms with E-state index in [0.717, 1.165) is 27.0 Å². The number of thioether (sulfide) groups is 1. The molecule has 7 heteroatoms. The van der Waals surface area contributed by atoms with Crippen LogP contribution in [0.2, 0.25) is 0 Å². The molecule has 0 atom stereocenters. The average Bonchev–Trinajstić information content (AvgIpc) is 3.37. The predicted octanol–water partition coefficient (Wildman–Crippen LogP) is 3.99. The summed E-state index contributed by atoms with van der Waals surface area (Å²) < 4.78 is 5.22. The maximum absolute atomic E-state index is 12.5. The number of carbonyl (C=O) groups is 1. The number of thiazole rings is 1. The molecule has 1 aliphatic rings. The number of hydrogen-bond acceptors (Lipinski definition) is 6. The van der Waals surface area contributed by atoms with Gasteiger partial charge in [-0.2, -0.15) is 0 Å². The van der Waals surface area contributed by atoms with Crippen LogP contribution in [0.3, 0.4) is 0 Å². The number of hydrogen-bond donors (Lipinski definition) is 0. The van der Waals surface area contributed by atoms with E-state index in [-0.39, 0.29) is 5.91 Å². The van der Waals surface area contributed by atoms with Gasteiger partial charge in [0.1, 0.15) is 5.01 Å². The second-order valence-electron chi connectivity index (χ2n) is 5.08. The summed E-state index contributed by atoms with van der Waals surface area (Å²) in [5, 5.41) is 3.81. The van der Waals surface area contributed by atoms with Gasteiger partial charge in [0.2, 0.25) is 0 Å². The lowest BCUT2D eigenvalue weighted by Gasteiger charge is -2.14. The number of furan rings is 1. The van der Waals surface area contributed by atoms with Crippen molar-refractivity contribution in [3.8, 4) is 10.6 Å². The van der Waals surface area contributed by atoms with E-state index < -0.39 is 0 Å². The molecule has 1 fully saturated rings. The number of aromatic nitrogens is 2. The van der Waals surface area contributed by atoms with Crippen molar-refractivity contribution >= 4 is 35.1 Å². The molecule has 3 aromatic heterocycles. The van der Waals surface area contributed by atoms with Crippen LogP contribution >= 0.6 is 23.1 Å². The Balaban J connectivity index is 1.59. The topological polar surface area (TPSA) is 59.2 Å². The zero-order valence-corrected chi connectivity index (χ0v) is 14.2. The molecule has 1 amide bonds. The lowest BCUT2D eigenvalue weighted by atomic mass is 10.3. The maximum Gasteiger partial charge on any atom is 0.294 e. The Morgan fingerprint density at radius 1 is 1.33 bits per heavy atom. The molecule has 0 aromatic carbocycles. The van der Waals surface area contributed by atoms with Crippen LogP contribution in [0.4, 0.5) is 0 Å². The van der Waals surface area contributed by atoms with Gasteiger partial charge in [-0.3, -0.25) is 14.7 Å². The third-order valence-corrected chi connectivity index (χ3v) is 5.44. The smallest absolute Gasteiger partial charge is 0.294 e. The summed E-state index contributed by atoms with van der Waals surface area (Å²) in [6, 6.07) is 7.29. The largest absolute Gasteiger partial charge is 0.459 e. The van der Waals surface area contributed by atoms with Crippen molar-refractivity contribution in [2.24, 2.45) is 0 Å². The van der Waals surface area contributed by atoms with E-state index >= 15 is 0 Å². The third-order valence-electron chi connectivity index (χ3n) is 3.51. The Kier molecular flexibility index (Phi) is 4.18. The highest BCUT2D eigenvalue weighted by Crippen LogP contribution is 2.32. The lowest BCUT2D eigenvalue weighted by molar-refractivity contribution is 0.0800. The lowest BCUT2D eigenvalue weighted by Crippen LogP contribution is -2.26. The first-order valence-corrected chi connectivity index (χ1v) is 9.23. The molecule has 4 heterocycles. The van der Waals surface area contributed by atoms with Crippen LogP contribution in [-0.4, -0.2) is 33.1 Å². The molecule has 3 aromatic rings. The third kappa shape index (κ3) is 3.00. The number of rotatable bonds is 3. The molecule has 0 aliphatic carbocycles. The zero-order chi connectivity index (χ0) is 16.4. The first-order valence-electron chi connectivity index (χ1n) is 7.37. The van der Waals surface area contributed by atoms with Gasteiger partial charge in [0.25, 0.3) is 5.91 Å². The summed E-state index contributed by atoms with van der Waals surface area (Å²) in [5.41, 5.74) is 1.84. The monoisotopic (exact) mass is 355 g/mol. The van der Waals surface area contributed by atoms with Gasteiger partial charge in [0.05, 0.1) is 17.0 Å². The molecule has 0 radical (unpaired) electrons. The number of amides is 1. The molecule has 120 valence electrons. The van der Waals surface area contributed by atoms with Crippen molar-refractivity contribution in [1.82, 2.24) is 14.9 Å². The van der Waals surface area contributed by atoms with E-state index in [0.29, 0.717) is 12.3 Å². The fraction of sp³-hybridized carbons (Fsp3) is 0.118. The van der Waals surface area contributed by atoms with Crippen LogP contribution in [-0.2, 0) is 0 Å². The SMILES string of the molecule is O=C(c1ccco1)N1CCS/C1=C/c1csc(-c2cccnc2)n1. The summed E-state index contributed by atoms with van der Waals surface area (Å²) >= 11 is 3.22. The molecule has 4 rings (SSSR count). The van der Waals surface area contributed by atoms with E-state index in [9.17, 15) is 4.79 Å². The van der Waals surface area contributed by atoms with Crippen molar-refractivity contribution in [2.75, 3.05) is 12.3 Å². The molecule has 0 spiro atoms. The van der Waals surface area contributed by atoms with Crippen LogP contribution in [0.25, 0.3) is 16.6 Å².